The van der Waals surface area contributed by atoms with E-state index in [0.29, 0.717) is 26.2 Å². The molecular formula is C11H19F3N2O2. The highest BCUT2D eigenvalue weighted by Gasteiger charge is 2.46. The number of carboxylic acid groups (broad SMARTS) is 1. The minimum absolute atomic E-state index is 0.446. The van der Waals surface area contributed by atoms with E-state index in [0.717, 1.165) is 13.0 Å². The maximum Gasteiger partial charge on any atom is 0.403 e. The summed E-state index contributed by atoms with van der Waals surface area (Å²) >= 11 is 0. The van der Waals surface area contributed by atoms with Crippen LogP contribution in [-0.4, -0.2) is 66.3 Å². The van der Waals surface area contributed by atoms with Gasteiger partial charge in [-0.3, -0.25) is 9.69 Å². The number of piperazine rings is 1. The van der Waals surface area contributed by atoms with Crippen molar-refractivity contribution in [1.29, 1.82) is 0 Å². The van der Waals surface area contributed by atoms with Gasteiger partial charge in [0.2, 0.25) is 0 Å². The fourth-order valence-corrected chi connectivity index (χ4v) is 2.09. The van der Waals surface area contributed by atoms with E-state index in [1.54, 1.807) is 4.90 Å². The molecule has 0 aliphatic carbocycles. The first kappa shape index (κ1) is 15.2. The van der Waals surface area contributed by atoms with Crippen LogP contribution >= 0.6 is 0 Å². The zero-order valence-electron chi connectivity index (χ0n) is 10.4. The molecule has 1 unspecified atom stereocenters. The van der Waals surface area contributed by atoms with E-state index in [9.17, 15) is 18.0 Å². The molecule has 0 aromatic heterocycles. The molecule has 106 valence electrons. The zero-order chi connectivity index (χ0) is 13.8. The van der Waals surface area contributed by atoms with Crippen LogP contribution in [0.4, 0.5) is 13.2 Å². The van der Waals surface area contributed by atoms with Gasteiger partial charge in [0.05, 0.1) is 0 Å². The smallest absolute Gasteiger partial charge is 0.403 e. The first-order valence-electron chi connectivity index (χ1n) is 6.08. The summed E-state index contributed by atoms with van der Waals surface area (Å²) in [5.74, 6) is -4.08. The van der Waals surface area contributed by atoms with Crippen LogP contribution in [0.25, 0.3) is 0 Å². The topological polar surface area (TPSA) is 43.8 Å². The Morgan fingerprint density at radius 1 is 1.22 bits per heavy atom. The van der Waals surface area contributed by atoms with Crippen LogP contribution in [0.5, 0.6) is 0 Å². The van der Waals surface area contributed by atoms with Gasteiger partial charge in [0.25, 0.3) is 0 Å². The van der Waals surface area contributed by atoms with Crippen molar-refractivity contribution in [1.82, 2.24) is 9.80 Å². The summed E-state index contributed by atoms with van der Waals surface area (Å²) in [6.45, 7) is 4.96. The first-order chi connectivity index (χ1) is 8.34. The molecule has 1 fully saturated rings. The highest BCUT2D eigenvalue weighted by atomic mass is 19.4. The second-order valence-corrected chi connectivity index (χ2v) is 4.57. The molecule has 1 heterocycles. The number of nitrogens with zero attached hydrogens (tertiary/aromatic N) is 2. The lowest BCUT2D eigenvalue weighted by Gasteiger charge is -2.35. The summed E-state index contributed by atoms with van der Waals surface area (Å²) in [6, 6.07) is 0. The minimum atomic E-state index is -4.67. The third-order valence-electron chi connectivity index (χ3n) is 3.14. The Bertz CT molecular complexity index is 276. The molecule has 1 atom stereocenters. The molecule has 0 aromatic carbocycles. The van der Waals surface area contributed by atoms with Crippen molar-refractivity contribution < 1.29 is 23.1 Å². The maximum atomic E-state index is 12.5. The molecule has 0 amide bonds. The lowest BCUT2D eigenvalue weighted by molar-refractivity contribution is -0.197. The van der Waals surface area contributed by atoms with Crippen LogP contribution in [0.2, 0.25) is 0 Å². The molecule has 0 aromatic rings. The average molecular weight is 268 g/mol. The Morgan fingerprint density at radius 3 is 2.11 bits per heavy atom. The molecule has 0 saturated carbocycles. The summed E-state index contributed by atoms with van der Waals surface area (Å²) in [7, 11) is 0. The second-order valence-electron chi connectivity index (χ2n) is 4.57. The van der Waals surface area contributed by atoms with E-state index in [1.807, 2.05) is 0 Å². The van der Waals surface area contributed by atoms with Gasteiger partial charge in [-0.05, 0) is 13.0 Å². The number of carboxylic acids is 1. The Balaban J connectivity index is 2.46. The van der Waals surface area contributed by atoms with E-state index >= 15 is 0 Å². The Morgan fingerprint density at radius 2 is 1.72 bits per heavy atom. The van der Waals surface area contributed by atoms with Gasteiger partial charge in [0.15, 0.2) is 5.92 Å². The van der Waals surface area contributed by atoms with Crippen LogP contribution < -0.4 is 0 Å². The van der Waals surface area contributed by atoms with E-state index in [4.69, 9.17) is 5.11 Å². The molecule has 1 aliphatic heterocycles. The van der Waals surface area contributed by atoms with Crippen LogP contribution in [0, 0.1) is 5.92 Å². The lowest BCUT2D eigenvalue weighted by atomic mass is 10.1. The summed E-state index contributed by atoms with van der Waals surface area (Å²) in [5.41, 5.74) is 0. The van der Waals surface area contributed by atoms with Crippen molar-refractivity contribution in [2.24, 2.45) is 5.92 Å². The van der Waals surface area contributed by atoms with Gasteiger partial charge in [-0.15, -0.1) is 0 Å². The van der Waals surface area contributed by atoms with Gasteiger partial charge < -0.3 is 10.0 Å². The zero-order valence-corrected chi connectivity index (χ0v) is 10.4. The van der Waals surface area contributed by atoms with Crippen molar-refractivity contribution in [3.8, 4) is 0 Å². The van der Waals surface area contributed by atoms with Gasteiger partial charge in [-0.2, -0.15) is 13.2 Å². The van der Waals surface area contributed by atoms with Crippen molar-refractivity contribution in [3.05, 3.63) is 0 Å². The molecule has 0 radical (unpaired) electrons. The normalized spacial score (nSPS) is 20.9. The molecule has 1 aliphatic rings. The fourth-order valence-electron chi connectivity index (χ4n) is 2.09. The fraction of sp³-hybridized carbons (Fsp3) is 0.909. The van der Waals surface area contributed by atoms with E-state index < -0.39 is 24.6 Å². The van der Waals surface area contributed by atoms with Gasteiger partial charge in [0, 0.05) is 32.7 Å². The van der Waals surface area contributed by atoms with E-state index in [2.05, 4.69) is 11.8 Å². The third-order valence-corrected chi connectivity index (χ3v) is 3.14. The molecule has 4 nitrogen and oxygen atoms in total. The quantitative estimate of drug-likeness (QED) is 0.815. The highest BCUT2D eigenvalue weighted by Crippen LogP contribution is 2.27. The average Bonchev–Trinajstić information content (AvgIpc) is 2.26. The standard InChI is InChI=1S/C11H19F3N2O2/c1-2-3-15-4-6-16(7-5-15)8-9(10(17)18)11(12,13)14/h9H,2-8H2,1H3,(H,17,18). The Kier molecular flexibility index (Phi) is 5.40. The van der Waals surface area contributed by atoms with Crippen LogP contribution in [-0.2, 0) is 4.79 Å². The molecule has 1 saturated heterocycles. The first-order valence-corrected chi connectivity index (χ1v) is 6.08. The Labute approximate surface area is 104 Å². The number of hydrogen-bond donors (Lipinski definition) is 1. The van der Waals surface area contributed by atoms with Crippen molar-refractivity contribution in [3.63, 3.8) is 0 Å². The summed E-state index contributed by atoms with van der Waals surface area (Å²) in [6.07, 6.45) is -3.66. The summed E-state index contributed by atoms with van der Waals surface area (Å²) in [5, 5.41) is 8.62. The number of aliphatic carboxylic acids is 1. The number of hydrogen-bond acceptors (Lipinski definition) is 3. The predicted octanol–water partition coefficient (Wildman–Crippen LogP) is 1.28. The maximum absolute atomic E-state index is 12.5. The molecule has 0 spiro atoms. The number of carbonyl (C=O) groups is 1. The third kappa shape index (κ3) is 4.45. The van der Waals surface area contributed by atoms with Crippen molar-refractivity contribution in [2.45, 2.75) is 19.5 Å². The lowest BCUT2D eigenvalue weighted by Crippen LogP contribution is -2.50. The van der Waals surface area contributed by atoms with Gasteiger partial charge in [0.1, 0.15) is 0 Å². The largest absolute Gasteiger partial charge is 0.481 e. The molecule has 1 rings (SSSR count). The Hall–Kier alpha value is -0.820. The number of rotatable bonds is 5. The van der Waals surface area contributed by atoms with Crippen LogP contribution in [0.15, 0.2) is 0 Å². The summed E-state index contributed by atoms with van der Waals surface area (Å²) < 4.78 is 37.5. The van der Waals surface area contributed by atoms with Gasteiger partial charge in [-0.25, -0.2) is 0 Å². The second kappa shape index (κ2) is 6.38. The van der Waals surface area contributed by atoms with E-state index in [1.165, 1.54) is 0 Å². The molecule has 0 bridgehead atoms. The minimum Gasteiger partial charge on any atom is -0.481 e. The van der Waals surface area contributed by atoms with Crippen LogP contribution in [0.1, 0.15) is 13.3 Å². The molecule has 18 heavy (non-hydrogen) atoms. The molecule has 1 N–H and O–H groups in total. The molecule has 7 heteroatoms. The van der Waals surface area contributed by atoms with Gasteiger partial charge >= 0.3 is 12.1 Å². The SMILES string of the molecule is CCCN1CCN(CC(C(=O)O)C(F)(F)F)CC1. The van der Waals surface area contributed by atoms with Gasteiger partial charge in [-0.1, -0.05) is 6.92 Å². The number of halogens is 3. The predicted molar refractivity (Wildman–Crippen MR) is 60.4 cm³/mol. The number of alkyl halides is 3. The van der Waals surface area contributed by atoms with E-state index in [-0.39, 0.29) is 0 Å². The summed E-state index contributed by atoms with van der Waals surface area (Å²) in [4.78, 5) is 14.4. The highest BCUT2D eigenvalue weighted by molar-refractivity contribution is 5.71. The molecular weight excluding hydrogens is 249 g/mol. The van der Waals surface area contributed by atoms with Crippen molar-refractivity contribution in [2.75, 3.05) is 39.3 Å². The monoisotopic (exact) mass is 268 g/mol. The van der Waals surface area contributed by atoms with Crippen LogP contribution in [0.3, 0.4) is 0 Å². The van der Waals surface area contributed by atoms with Crippen molar-refractivity contribution >= 4 is 5.97 Å².